The summed E-state index contributed by atoms with van der Waals surface area (Å²) in [4.78, 5) is 0.739. The summed E-state index contributed by atoms with van der Waals surface area (Å²) < 4.78 is 27.7. The van der Waals surface area contributed by atoms with E-state index in [0.717, 1.165) is 22.0 Å². The van der Waals surface area contributed by atoms with Gasteiger partial charge < -0.3 is 0 Å². The van der Waals surface area contributed by atoms with Gasteiger partial charge in [-0.15, -0.1) is 5.10 Å². The maximum absolute atomic E-state index is 12.0. The zero-order chi connectivity index (χ0) is 13.0. The van der Waals surface area contributed by atoms with Gasteiger partial charge in [-0.2, -0.15) is 0 Å². The van der Waals surface area contributed by atoms with E-state index in [1.165, 1.54) is 0 Å². The lowest BCUT2D eigenvalue weighted by molar-refractivity contribution is 0.594. The van der Waals surface area contributed by atoms with Crippen molar-refractivity contribution in [3.05, 3.63) is 46.5 Å². The van der Waals surface area contributed by atoms with Crippen molar-refractivity contribution in [3.63, 3.8) is 0 Å². The molecule has 0 N–H and O–H groups in total. The van der Waals surface area contributed by atoms with E-state index in [1.54, 1.807) is 6.92 Å². The molecule has 18 heavy (non-hydrogen) atoms. The highest BCUT2D eigenvalue weighted by molar-refractivity contribution is 7.90. The third-order valence-corrected chi connectivity index (χ3v) is 5.20. The van der Waals surface area contributed by atoms with Gasteiger partial charge in [0.15, 0.2) is 9.84 Å². The molecule has 2 aromatic rings. The lowest BCUT2D eigenvalue weighted by Gasteiger charge is -2.03. The normalized spacial score (nSPS) is 11.6. The Morgan fingerprint density at radius 2 is 1.94 bits per heavy atom. The van der Waals surface area contributed by atoms with E-state index in [2.05, 4.69) is 9.59 Å². The predicted octanol–water partition coefficient (Wildman–Crippen LogP) is 2.00. The predicted molar refractivity (Wildman–Crippen MR) is 72.3 cm³/mol. The molecule has 6 heteroatoms. The standard InChI is InChI=1S/C12H14N2O2S2/c1-10-12(17-14-13-10)9-18(15,16)8-7-11-5-3-2-4-6-11/h2-6H,7-9H2,1H3. The molecule has 1 aromatic heterocycles. The molecule has 0 aliphatic carbocycles. The molecule has 0 radical (unpaired) electrons. The molecule has 0 aliphatic rings. The molecule has 2 rings (SSSR count). The molecule has 0 bridgehead atoms. The largest absolute Gasteiger partial charge is 0.228 e. The van der Waals surface area contributed by atoms with Crippen LogP contribution in [0.4, 0.5) is 0 Å². The Balaban J connectivity index is 1.98. The highest BCUT2D eigenvalue weighted by Crippen LogP contribution is 2.14. The number of aromatic nitrogens is 2. The zero-order valence-corrected chi connectivity index (χ0v) is 11.7. The fourth-order valence-corrected chi connectivity index (χ4v) is 4.06. The van der Waals surface area contributed by atoms with Crippen molar-refractivity contribution in [2.75, 3.05) is 5.75 Å². The number of aryl methyl sites for hydroxylation is 2. The quantitative estimate of drug-likeness (QED) is 0.841. The molecule has 0 spiro atoms. The average Bonchev–Trinajstić information content (AvgIpc) is 2.73. The number of nitrogens with zero attached hydrogens (tertiary/aromatic N) is 2. The van der Waals surface area contributed by atoms with E-state index in [0.29, 0.717) is 12.1 Å². The molecule has 0 aliphatic heterocycles. The van der Waals surface area contributed by atoms with E-state index in [9.17, 15) is 8.42 Å². The molecule has 1 aromatic carbocycles. The minimum absolute atomic E-state index is 0.0450. The van der Waals surface area contributed by atoms with Crippen LogP contribution in [0.3, 0.4) is 0 Å². The summed E-state index contributed by atoms with van der Waals surface area (Å²) in [5, 5.41) is 3.82. The Morgan fingerprint density at radius 3 is 2.56 bits per heavy atom. The van der Waals surface area contributed by atoms with Gasteiger partial charge in [-0.3, -0.25) is 0 Å². The Kier molecular flexibility index (Phi) is 4.08. The van der Waals surface area contributed by atoms with Crippen LogP contribution in [0.5, 0.6) is 0 Å². The van der Waals surface area contributed by atoms with Gasteiger partial charge in [0.05, 0.1) is 22.1 Å². The maximum Gasteiger partial charge on any atom is 0.155 e. The molecule has 96 valence electrons. The highest BCUT2D eigenvalue weighted by atomic mass is 32.2. The Labute approximate surface area is 111 Å². The second-order valence-corrected chi connectivity index (χ2v) is 7.13. The van der Waals surface area contributed by atoms with E-state index in [-0.39, 0.29) is 11.5 Å². The van der Waals surface area contributed by atoms with Gasteiger partial charge in [-0.1, -0.05) is 34.8 Å². The van der Waals surface area contributed by atoms with Crippen molar-refractivity contribution in [1.82, 2.24) is 9.59 Å². The van der Waals surface area contributed by atoms with Crippen LogP contribution in [0.2, 0.25) is 0 Å². The van der Waals surface area contributed by atoms with Gasteiger partial charge in [0, 0.05) is 0 Å². The first-order chi connectivity index (χ1) is 8.57. The van der Waals surface area contributed by atoms with Gasteiger partial charge in [-0.05, 0) is 30.4 Å². The molecule has 1 heterocycles. The van der Waals surface area contributed by atoms with Crippen LogP contribution in [0.1, 0.15) is 16.1 Å². The van der Waals surface area contributed by atoms with Crippen molar-refractivity contribution in [3.8, 4) is 0 Å². The molecule has 0 atom stereocenters. The summed E-state index contributed by atoms with van der Waals surface area (Å²) in [6, 6.07) is 9.63. The van der Waals surface area contributed by atoms with E-state index >= 15 is 0 Å². The first-order valence-corrected chi connectivity index (χ1v) is 8.18. The lowest BCUT2D eigenvalue weighted by Crippen LogP contribution is -2.11. The maximum atomic E-state index is 12.0. The van der Waals surface area contributed by atoms with E-state index < -0.39 is 9.84 Å². The smallest absolute Gasteiger partial charge is 0.155 e. The van der Waals surface area contributed by atoms with Crippen molar-refractivity contribution in [2.24, 2.45) is 0 Å². The van der Waals surface area contributed by atoms with E-state index in [4.69, 9.17) is 0 Å². The molecule has 4 nitrogen and oxygen atoms in total. The molecule has 0 saturated heterocycles. The van der Waals surface area contributed by atoms with Crippen LogP contribution in [0.25, 0.3) is 0 Å². The van der Waals surface area contributed by atoms with Crippen LogP contribution in [-0.4, -0.2) is 23.8 Å². The number of rotatable bonds is 5. The monoisotopic (exact) mass is 282 g/mol. The third-order valence-electron chi connectivity index (χ3n) is 2.64. The second-order valence-electron chi connectivity index (χ2n) is 4.11. The van der Waals surface area contributed by atoms with Crippen molar-refractivity contribution < 1.29 is 8.42 Å². The summed E-state index contributed by atoms with van der Waals surface area (Å²) in [7, 11) is -3.09. The van der Waals surface area contributed by atoms with Crippen LogP contribution >= 0.6 is 11.5 Å². The number of hydrogen-bond donors (Lipinski definition) is 0. The van der Waals surface area contributed by atoms with Crippen LogP contribution < -0.4 is 0 Å². The molecule has 0 unspecified atom stereocenters. The summed E-state index contributed by atoms with van der Waals surface area (Å²) in [5.41, 5.74) is 1.75. The van der Waals surface area contributed by atoms with Gasteiger partial charge in [-0.25, -0.2) is 8.42 Å². The van der Waals surface area contributed by atoms with E-state index in [1.807, 2.05) is 30.3 Å². The summed E-state index contributed by atoms with van der Waals surface area (Å²) in [5.74, 6) is 0.206. The minimum Gasteiger partial charge on any atom is -0.228 e. The van der Waals surface area contributed by atoms with Gasteiger partial charge in [0.25, 0.3) is 0 Å². The average molecular weight is 282 g/mol. The number of sulfone groups is 1. The molecule has 0 amide bonds. The van der Waals surface area contributed by atoms with Crippen molar-refractivity contribution in [1.29, 1.82) is 0 Å². The SMILES string of the molecule is Cc1nnsc1CS(=O)(=O)CCc1ccccc1. The zero-order valence-electron chi connectivity index (χ0n) is 10.0. The fraction of sp³-hybridized carbons (Fsp3) is 0.333. The minimum atomic E-state index is -3.09. The van der Waals surface area contributed by atoms with Crippen LogP contribution in [-0.2, 0) is 22.0 Å². The van der Waals surface area contributed by atoms with Crippen LogP contribution in [0, 0.1) is 6.92 Å². The van der Waals surface area contributed by atoms with Gasteiger partial charge in [0.1, 0.15) is 0 Å². The van der Waals surface area contributed by atoms with Crippen molar-refractivity contribution >= 4 is 21.4 Å². The lowest BCUT2D eigenvalue weighted by atomic mass is 10.2. The highest BCUT2D eigenvalue weighted by Gasteiger charge is 2.15. The number of hydrogen-bond acceptors (Lipinski definition) is 5. The Morgan fingerprint density at radius 1 is 1.22 bits per heavy atom. The first-order valence-electron chi connectivity index (χ1n) is 5.59. The van der Waals surface area contributed by atoms with Crippen LogP contribution in [0.15, 0.2) is 30.3 Å². The summed E-state index contributed by atoms with van der Waals surface area (Å²) >= 11 is 1.16. The third kappa shape index (κ3) is 3.61. The Hall–Kier alpha value is -1.27. The molecule has 0 saturated carbocycles. The molecular weight excluding hydrogens is 268 g/mol. The Bertz CT molecular complexity index is 606. The second kappa shape index (κ2) is 5.58. The van der Waals surface area contributed by atoms with Crippen molar-refractivity contribution in [2.45, 2.75) is 19.1 Å². The molecular formula is C12H14N2O2S2. The summed E-state index contributed by atoms with van der Waals surface area (Å²) in [6.45, 7) is 1.78. The first kappa shape index (κ1) is 13.2. The fourth-order valence-electron chi connectivity index (χ4n) is 1.57. The van der Waals surface area contributed by atoms with Gasteiger partial charge >= 0.3 is 0 Å². The number of benzene rings is 1. The topological polar surface area (TPSA) is 59.9 Å². The molecule has 0 fully saturated rings. The van der Waals surface area contributed by atoms with Gasteiger partial charge in [0.2, 0.25) is 0 Å². The summed E-state index contributed by atoms with van der Waals surface area (Å²) in [6.07, 6.45) is 0.550.